The average Bonchev–Trinajstić information content (AvgIpc) is 2.09. The van der Waals surface area contributed by atoms with Gasteiger partial charge in [0.05, 0.1) is 6.67 Å². The maximum atomic E-state index is 11.2. The van der Waals surface area contributed by atoms with E-state index in [2.05, 4.69) is 4.84 Å². The average molecular weight is 187 g/mol. The molecule has 0 aromatic carbocycles. The van der Waals surface area contributed by atoms with Crippen LogP contribution in [-0.4, -0.2) is 54.2 Å². The smallest absolute Gasteiger partial charge is 0.331 e. The van der Waals surface area contributed by atoms with Gasteiger partial charge in [-0.15, -0.1) is 0 Å². The van der Waals surface area contributed by atoms with Gasteiger partial charge in [-0.1, -0.05) is 5.06 Å². The molecule has 1 fully saturated rings. The summed E-state index contributed by atoms with van der Waals surface area (Å²) in [7, 11) is 2.98. The molecule has 0 saturated carbocycles. The van der Waals surface area contributed by atoms with Crippen LogP contribution in [0.2, 0.25) is 0 Å². The fraction of sp³-hybridized carbons (Fsp3) is 0.500. The van der Waals surface area contributed by atoms with Crippen molar-refractivity contribution in [2.45, 2.75) is 0 Å². The van der Waals surface area contributed by atoms with Crippen molar-refractivity contribution in [3.63, 3.8) is 0 Å². The molecule has 0 radical (unpaired) electrons. The van der Waals surface area contributed by atoms with Crippen LogP contribution in [0.4, 0.5) is 9.59 Å². The lowest BCUT2D eigenvalue weighted by Crippen LogP contribution is -2.58. The Hall–Kier alpha value is -1.79. The Bertz CT molecular complexity index is 234. The molecule has 0 atom stereocenters. The van der Waals surface area contributed by atoms with Crippen LogP contribution in [-0.2, 0) is 9.63 Å². The molecule has 7 nitrogen and oxygen atoms in total. The zero-order valence-electron chi connectivity index (χ0n) is 7.26. The fourth-order valence-electron chi connectivity index (χ4n) is 0.964. The molecular weight excluding hydrogens is 178 g/mol. The Morgan fingerprint density at radius 2 is 1.69 bits per heavy atom. The molecule has 0 unspecified atom stereocenters. The van der Waals surface area contributed by atoms with Crippen molar-refractivity contribution in [2.75, 3.05) is 20.8 Å². The highest BCUT2D eigenvalue weighted by Gasteiger charge is 2.35. The monoisotopic (exact) mass is 187 g/mol. The largest absolute Gasteiger partial charge is 0.363 e. The Kier molecular flexibility index (Phi) is 2.36. The number of carbonyl (C=O) groups is 3. The summed E-state index contributed by atoms with van der Waals surface area (Å²) in [6, 6.07) is -1.31. The maximum absolute atomic E-state index is 11.2. The first-order valence-corrected chi connectivity index (χ1v) is 3.48. The molecule has 1 aliphatic rings. The van der Waals surface area contributed by atoms with Crippen molar-refractivity contribution < 1.29 is 19.2 Å². The second-order valence-electron chi connectivity index (χ2n) is 2.60. The van der Waals surface area contributed by atoms with Crippen LogP contribution < -0.4 is 0 Å². The summed E-state index contributed by atoms with van der Waals surface area (Å²) in [5.74, 6) is 0. The topological polar surface area (TPSA) is 70.2 Å². The van der Waals surface area contributed by atoms with Gasteiger partial charge in [0.2, 0.25) is 0 Å². The van der Waals surface area contributed by atoms with E-state index in [0.29, 0.717) is 5.06 Å². The molecule has 0 aromatic rings. The van der Waals surface area contributed by atoms with Gasteiger partial charge in [0.25, 0.3) is 0 Å². The number of urea groups is 2. The number of imide groups is 1. The molecule has 0 N–H and O–H groups in total. The summed E-state index contributed by atoms with van der Waals surface area (Å²) in [6.07, 6.45) is 0. The minimum atomic E-state index is -0.657. The zero-order chi connectivity index (χ0) is 10.0. The van der Waals surface area contributed by atoms with E-state index in [1.807, 2.05) is 0 Å². The Balaban J connectivity index is 2.81. The van der Waals surface area contributed by atoms with Crippen molar-refractivity contribution in [2.24, 2.45) is 0 Å². The highest BCUT2D eigenvalue weighted by Crippen LogP contribution is 2.08. The van der Waals surface area contributed by atoms with Crippen LogP contribution in [0.15, 0.2) is 0 Å². The molecule has 1 rings (SSSR count). The molecule has 0 spiro atoms. The Morgan fingerprint density at radius 1 is 1.23 bits per heavy atom. The predicted molar refractivity (Wildman–Crippen MR) is 40.2 cm³/mol. The molecule has 4 amide bonds. The third-order valence-electron chi connectivity index (χ3n) is 1.57. The van der Waals surface area contributed by atoms with Gasteiger partial charge in [-0.3, -0.25) is 4.79 Å². The Morgan fingerprint density at radius 3 is 2.08 bits per heavy atom. The van der Waals surface area contributed by atoms with E-state index in [4.69, 9.17) is 0 Å². The second kappa shape index (κ2) is 3.30. The van der Waals surface area contributed by atoms with Crippen LogP contribution >= 0.6 is 0 Å². The molecule has 0 bridgehead atoms. The van der Waals surface area contributed by atoms with Crippen molar-refractivity contribution in [1.82, 2.24) is 14.9 Å². The first-order valence-electron chi connectivity index (χ1n) is 3.48. The molecular formula is C6H9N3O4. The van der Waals surface area contributed by atoms with E-state index in [1.54, 1.807) is 0 Å². The van der Waals surface area contributed by atoms with Gasteiger partial charge < -0.3 is 14.6 Å². The van der Waals surface area contributed by atoms with Gasteiger partial charge >= 0.3 is 18.5 Å². The van der Waals surface area contributed by atoms with Gasteiger partial charge in [-0.05, 0) is 0 Å². The van der Waals surface area contributed by atoms with Crippen molar-refractivity contribution in [3.05, 3.63) is 0 Å². The zero-order valence-corrected chi connectivity index (χ0v) is 7.26. The highest BCUT2D eigenvalue weighted by molar-refractivity contribution is 5.94. The number of nitrogens with zero attached hydrogens (tertiary/aromatic N) is 3. The minimum Gasteiger partial charge on any atom is -0.331 e. The lowest BCUT2D eigenvalue weighted by molar-refractivity contribution is -0.156. The normalized spacial score (nSPS) is 17.8. The van der Waals surface area contributed by atoms with Gasteiger partial charge in [-0.25, -0.2) is 9.59 Å². The van der Waals surface area contributed by atoms with E-state index in [9.17, 15) is 14.4 Å². The van der Waals surface area contributed by atoms with Gasteiger partial charge in [-0.2, -0.15) is 0 Å². The fourth-order valence-corrected chi connectivity index (χ4v) is 0.964. The summed E-state index contributed by atoms with van der Waals surface area (Å²) < 4.78 is 0. The number of amides is 4. The summed E-state index contributed by atoms with van der Waals surface area (Å²) >= 11 is 0. The van der Waals surface area contributed by atoms with Gasteiger partial charge in [0, 0.05) is 14.1 Å². The molecule has 1 aliphatic heterocycles. The number of hydrogen-bond acceptors (Lipinski definition) is 4. The number of hydrogen-bond donors (Lipinski definition) is 0. The summed E-state index contributed by atoms with van der Waals surface area (Å²) in [6.45, 7) is 0.208. The van der Waals surface area contributed by atoms with E-state index in [1.165, 1.54) is 23.9 Å². The standard InChI is InChI=1S/C6H9N3O4/c1-7-3-8(2)6(12)9(5(7)11)13-4-10/h4H,3H2,1-2H3. The van der Waals surface area contributed by atoms with Gasteiger partial charge in [0.15, 0.2) is 0 Å². The summed E-state index contributed by atoms with van der Waals surface area (Å²) in [5, 5.41) is 0.399. The van der Waals surface area contributed by atoms with Crippen LogP contribution in [0.25, 0.3) is 0 Å². The predicted octanol–water partition coefficient (Wildman–Crippen LogP) is -0.549. The SMILES string of the molecule is CN1CN(C)C(=O)N(OC=O)C1=O. The van der Waals surface area contributed by atoms with Gasteiger partial charge in [0.1, 0.15) is 0 Å². The lowest BCUT2D eigenvalue weighted by atomic mass is 10.6. The van der Waals surface area contributed by atoms with Crippen LogP contribution in [0.1, 0.15) is 0 Å². The highest BCUT2D eigenvalue weighted by atomic mass is 16.7. The van der Waals surface area contributed by atoms with E-state index in [0.717, 1.165) is 0 Å². The number of rotatable bonds is 2. The minimum absolute atomic E-state index is 0.0306. The van der Waals surface area contributed by atoms with E-state index in [-0.39, 0.29) is 13.1 Å². The maximum Gasteiger partial charge on any atom is 0.363 e. The summed E-state index contributed by atoms with van der Waals surface area (Å²) in [4.78, 5) is 39.1. The first-order chi connectivity index (χ1) is 6.07. The third-order valence-corrected chi connectivity index (χ3v) is 1.57. The van der Waals surface area contributed by atoms with Crippen LogP contribution in [0, 0.1) is 0 Å². The van der Waals surface area contributed by atoms with Crippen LogP contribution in [0.5, 0.6) is 0 Å². The second-order valence-corrected chi connectivity index (χ2v) is 2.60. The molecule has 0 aliphatic carbocycles. The van der Waals surface area contributed by atoms with Crippen LogP contribution in [0.3, 0.4) is 0 Å². The first kappa shape index (κ1) is 9.30. The molecule has 72 valence electrons. The molecule has 7 heteroatoms. The molecule has 0 aromatic heterocycles. The number of hydroxylamine groups is 2. The van der Waals surface area contributed by atoms with E-state index < -0.39 is 12.1 Å². The molecule has 1 heterocycles. The molecule has 13 heavy (non-hydrogen) atoms. The third kappa shape index (κ3) is 1.53. The number of carbonyl (C=O) groups excluding carboxylic acids is 3. The lowest BCUT2D eigenvalue weighted by Gasteiger charge is -2.34. The van der Waals surface area contributed by atoms with Crippen molar-refractivity contribution in [3.8, 4) is 0 Å². The Labute approximate surface area is 74.4 Å². The summed E-state index contributed by atoms with van der Waals surface area (Å²) in [5.41, 5.74) is 0. The van der Waals surface area contributed by atoms with E-state index >= 15 is 0 Å². The van der Waals surface area contributed by atoms with Crippen molar-refractivity contribution in [1.29, 1.82) is 0 Å². The van der Waals surface area contributed by atoms with Crippen molar-refractivity contribution >= 4 is 18.5 Å². The molecule has 1 saturated heterocycles. The quantitative estimate of drug-likeness (QED) is 0.544.